The standard InChI is InChI=1S/C12H16F2N2S/c13-8-1-2-10(11(14)7-8)12(17)16-9-3-5-15-6-4-9/h1-2,7,9,12,15-17H,3-6H2. The lowest BCUT2D eigenvalue weighted by molar-refractivity contribution is 0.381. The predicted octanol–water partition coefficient (Wildman–Crippen LogP) is 2.23. The fraction of sp³-hybridized carbons (Fsp3) is 0.500. The summed E-state index contributed by atoms with van der Waals surface area (Å²) < 4.78 is 26.3. The quantitative estimate of drug-likeness (QED) is 0.572. The number of hydrogen-bond donors (Lipinski definition) is 3. The molecule has 17 heavy (non-hydrogen) atoms. The second kappa shape index (κ2) is 5.80. The van der Waals surface area contributed by atoms with Gasteiger partial charge < -0.3 is 5.32 Å². The summed E-state index contributed by atoms with van der Waals surface area (Å²) >= 11 is 4.34. The zero-order chi connectivity index (χ0) is 12.3. The number of benzene rings is 1. The van der Waals surface area contributed by atoms with Crippen molar-refractivity contribution in [2.45, 2.75) is 24.3 Å². The van der Waals surface area contributed by atoms with Gasteiger partial charge in [0.1, 0.15) is 11.6 Å². The maximum Gasteiger partial charge on any atom is 0.131 e. The molecule has 1 aromatic rings. The first kappa shape index (κ1) is 12.8. The summed E-state index contributed by atoms with van der Waals surface area (Å²) in [6.07, 6.45) is 2.00. The number of thiol groups is 1. The molecule has 2 N–H and O–H groups in total. The highest BCUT2D eigenvalue weighted by Gasteiger charge is 2.18. The number of piperidine rings is 1. The van der Waals surface area contributed by atoms with Crippen LogP contribution in [-0.4, -0.2) is 19.1 Å². The maximum atomic E-state index is 13.5. The normalized spacial score (nSPS) is 19.2. The molecule has 94 valence electrons. The van der Waals surface area contributed by atoms with Gasteiger partial charge in [-0.1, -0.05) is 6.07 Å². The molecule has 5 heteroatoms. The summed E-state index contributed by atoms with van der Waals surface area (Å²) in [5, 5.41) is 6.13. The lowest BCUT2D eigenvalue weighted by atomic mass is 10.1. The van der Waals surface area contributed by atoms with Gasteiger partial charge in [-0.3, -0.25) is 5.32 Å². The first-order valence-corrected chi connectivity index (χ1v) is 6.28. The molecular formula is C12H16F2N2S. The number of halogens is 2. The summed E-state index contributed by atoms with van der Waals surface area (Å²) in [4.78, 5) is 0. The van der Waals surface area contributed by atoms with E-state index >= 15 is 0 Å². The zero-order valence-corrected chi connectivity index (χ0v) is 10.3. The summed E-state index contributed by atoms with van der Waals surface area (Å²) in [7, 11) is 0. The van der Waals surface area contributed by atoms with Crippen molar-refractivity contribution < 1.29 is 8.78 Å². The van der Waals surface area contributed by atoms with Crippen LogP contribution < -0.4 is 10.6 Å². The van der Waals surface area contributed by atoms with E-state index in [9.17, 15) is 8.78 Å². The highest BCUT2D eigenvalue weighted by Crippen LogP contribution is 2.22. The van der Waals surface area contributed by atoms with Crippen LogP contribution in [0.3, 0.4) is 0 Å². The molecule has 1 heterocycles. The van der Waals surface area contributed by atoms with Crippen LogP contribution in [0.1, 0.15) is 23.8 Å². The van der Waals surface area contributed by atoms with E-state index in [1.165, 1.54) is 12.1 Å². The molecule has 0 aliphatic carbocycles. The highest BCUT2D eigenvalue weighted by molar-refractivity contribution is 7.80. The summed E-state index contributed by atoms with van der Waals surface area (Å²) in [6, 6.07) is 3.92. The zero-order valence-electron chi connectivity index (χ0n) is 9.42. The van der Waals surface area contributed by atoms with Crippen molar-refractivity contribution in [3.8, 4) is 0 Å². The first-order valence-electron chi connectivity index (χ1n) is 5.76. The van der Waals surface area contributed by atoms with E-state index in [1.807, 2.05) is 0 Å². The minimum absolute atomic E-state index is 0.336. The minimum atomic E-state index is -0.561. The topological polar surface area (TPSA) is 24.1 Å². The lowest BCUT2D eigenvalue weighted by Gasteiger charge is -2.27. The van der Waals surface area contributed by atoms with Crippen LogP contribution in [0.15, 0.2) is 18.2 Å². The van der Waals surface area contributed by atoms with E-state index in [0.717, 1.165) is 32.0 Å². The molecule has 0 amide bonds. The first-order chi connectivity index (χ1) is 8.16. The SMILES string of the molecule is Fc1ccc(C(S)NC2CCNCC2)c(F)c1. The van der Waals surface area contributed by atoms with Crippen LogP contribution in [0.2, 0.25) is 0 Å². The van der Waals surface area contributed by atoms with Crippen LogP contribution in [0.25, 0.3) is 0 Å². The van der Waals surface area contributed by atoms with Crippen LogP contribution in [0, 0.1) is 11.6 Å². The van der Waals surface area contributed by atoms with E-state index < -0.39 is 17.0 Å². The van der Waals surface area contributed by atoms with E-state index in [2.05, 4.69) is 23.3 Å². The largest absolute Gasteiger partial charge is 0.317 e. The fourth-order valence-corrected chi connectivity index (χ4v) is 2.45. The van der Waals surface area contributed by atoms with Gasteiger partial charge >= 0.3 is 0 Å². The van der Waals surface area contributed by atoms with Crippen molar-refractivity contribution in [2.75, 3.05) is 13.1 Å². The Morgan fingerprint density at radius 2 is 2.00 bits per heavy atom. The van der Waals surface area contributed by atoms with Gasteiger partial charge in [0, 0.05) is 17.7 Å². The number of rotatable bonds is 3. The van der Waals surface area contributed by atoms with E-state index in [-0.39, 0.29) is 0 Å². The molecule has 0 aromatic heterocycles. The van der Waals surface area contributed by atoms with E-state index in [0.29, 0.717) is 11.6 Å². The van der Waals surface area contributed by atoms with Crippen molar-refractivity contribution in [1.82, 2.24) is 10.6 Å². The van der Waals surface area contributed by atoms with Gasteiger partial charge in [-0.25, -0.2) is 8.78 Å². The molecule has 1 aliphatic heterocycles. The molecule has 1 unspecified atom stereocenters. The second-order valence-electron chi connectivity index (χ2n) is 4.26. The fourth-order valence-electron chi connectivity index (χ4n) is 2.02. The van der Waals surface area contributed by atoms with Crippen molar-refractivity contribution >= 4 is 12.6 Å². The van der Waals surface area contributed by atoms with Crippen LogP contribution in [0.5, 0.6) is 0 Å². The van der Waals surface area contributed by atoms with Gasteiger partial charge in [0.2, 0.25) is 0 Å². The van der Waals surface area contributed by atoms with Gasteiger partial charge in [-0.05, 0) is 32.0 Å². The van der Waals surface area contributed by atoms with Gasteiger partial charge in [-0.15, -0.1) is 0 Å². The molecule has 0 saturated carbocycles. The molecule has 2 nitrogen and oxygen atoms in total. The van der Waals surface area contributed by atoms with Crippen molar-refractivity contribution in [3.05, 3.63) is 35.4 Å². The Morgan fingerprint density at radius 1 is 1.29 bits per heavy atom. The van der Waals surface area contributed by atoms with Crippen molar-refractivity contribution in [1.29, 1.82) is 0 Å². The highest BCUT2D eigenvalue weighted by atomic mass is 32.1. The van der Waals surface area contributed by atoms with Crippen LogP contribution in [-0.2, 0) is 0 Å². The molecule has 1 aliphatic rings. The maximum absolute atomic E-state index is 13.5. The second-order valence-corrected chi connectivity index (χ2v) is 4.78. The Morgan fingerprint density at radius 3 is 2.65 bits per heavy atom. The van der Waals surface area contributed by atoms with Crippen molar-refractivity contribution in [2.24, 2.45) is 0 Å². The number of nitrogens with one attached hydrogen (secondary N) is 2. The van der Waals surface area contributed by atoms with Gasteiger partial charge in [0.25, 0.3) is 0 Å². The Hall–Kier alpha value is -0.650. The molecule has 0 bridgehead atoms. The van der Waals surface area contributed by atoms with Gasteiger partial charge in [0.15, 0.2) is 0 Å². The number of hydrogen-bond acceptors (Lipinski definition) is 3. The average Bonchev–Trinajstić information content (AvgIpc) is 2.30. The molecule has 1 atom stereocenters. The molecule has 1 saturated heterocycles. The Labute approximate surface area is 105 Å². The molecule has 0 radical (unpaired) electrons. The average molecular weight is 258 g/mol. The third-order valence-electron chi connectivity index (χ3n) is 2.99. The monoisotopic (exact) mass is 258 g/mol. The molecule has 2 rings (SSSR count). The third-order valence-corrected chi connectivity index (χ3v) is 3.42. The predicted molar refractivity (Wildman–Crippen MR) is 67.1 cm³/mol. The molecule has 0 spiro atoms. The van der Waals surface area contributed by atoms with E-state index in [1.54, 1.807) is 0 Å². The molecular weight excluding hydrogens is 242 g/mol. The van der Waals surface area contributed by atoms with Gasteiger partial charge in [0.05, 0.1) is 5.37 Å². The van der Waals surface area contributed by atoms with E-state index in [4.69, 9.17) is 0 Å². The summed E-state index contributed by atoms with van der Waals surface area (Å²) in [5.41, 5.74) is 0.397. The van der Waals surface area contributed by atoms with Gasteiger partial charge in [-0.2, -0.15) is 12.6 Å². The van der Waals surface area contributed by atoms with Crippen molar-refractivity contribution in [3.63, 3.8) is 0 Å². The smallest absolute Gasteiger partial charge is 0.131 e. The third kappa shape index (κ3) is 3.40. The lowest BCUT2D eigenvalue weighted by Crippen LogP contribution is -2.40. The van der Waals surface area contributed by atoms with Crippen LogP contribution in [0.4, 0.5) is 8.78 Å². The summed E-state index contributed by atoms with van der Waals surface area (Å²) in [5.74, 6) is -1.11. The Balaban J connectivity index is 2.00. The summed E-state index contributed by atoms with van der Waals surface area (Å²) in [6.45, 7) is 1.92. The Kier molecular flexibility index (Phi) is 4.36. The minimum Gasteiger partial charge on any atom is -0.317 e. The molecule has 1 fully saturated rings. The molecule has 1 aromatic carbocycles. The Bertz CT molecular complexity index is 381. The van der Waals surface area contributed by atoms with Crippen LogP contribution >= 0.6 is 12.6 Å².